The summed E-state index contributed by atoms with van der Waals surface area (Å²) in [6.45, 7) is 4.96. The Balaban J connectivity index is 0.00000306. The summed E-state index contributed by atoms with van der Waals surface area (Å²) >= 11 is 0. The van der Waals surface area contributed by atoms with Crippen LogP contribution in [-0.4, -0.2) is 84.9 Å². The van der Waals surface area contributed by atoms with Gasteiger partial charge in [-0.2, -0.15) is 5.10 Å². The monoisotopic (exact) mass is 485 g/mol. The predicted molar refractivity (Wildman–Crippen MR) is 121 cm³/mol. The van der Waals surface area contributed by atoms with Crippen molar-refractivity contribution in [1.29, 1.82) is 0 Å². The lowest BCUT2D eigenvalue weighted by molar-refractivity contribution is -0.132. The van der Waals surface area contributed by atoms with E-state index in [0.29, 0.717) is 31.7 Å². The summed E-state index contributed by atoms with van der Waals surface area (Å²) in [5.74, 6) is -1.36. The largest absolute Gasteiger partial charge is 0.485 e. The van der Waals surface area contributed by atoms with Crippen LogP contribution in [0.1, 0.15) is 23.5 Å². The molecule has 1 saturated heterocycles. The maximum absolute atomic E-state index is 14.4. The zero-order valence-electron chi connectivity index (χ0n) is 18.6. The highest BCUT2D eigenvalue weighted by Gasteiger charge is 2.41. The Morgan fingerprint density at radius 3 is 2.76 bits per heavy atom. The summed E-state index contributed by atoms with van der Waals surface area (Å²) in [6, 6.07) is 2.13. The molecule has 2 heterocycles. The van der Waals surface area contributed by atoms with E-state index in [1.54, 1.807) is 19.5 Å². The molecule has 8 nitrogen and oxygen atoms in total. The number of H-pyrrole nitrogens is 1. The number of aromatic nitrogens is 2. The first kappa shape index (κ1) is 25.4. The third-order valence-electron chi connectivity index (χ3n) is 6.02. The van der Waals surface area contributed by atoms with E-state index < -0.39 is 11.6 Å². The molecule has 0 spiro atoms. The van der Waals surface area contributed by atoms with Gasteiger partial charge in [0.25, 0.3) is 0 Å². The molecule has 0 radical (unpaired) electrons. The lowest BCUT2D eigenvalue weighted by Gasteiger charge is -2.34. The van der Waals surface area contributed by atoms with Gasteiger partial charge >= 0.3 is 0 Å². The molecule has 2 atom stereocenters. The molecule has 2 aromatic rings. The maximum atomic E-state index is 14.4. The second-order valence-electron chi connectivity index (χ2n) is 8.25. The molecular weight excluding hydrogens is 456 g/mol. The number of carbonyl (C=O) groups excluding carboxylic acids is 1. The van der Waals surface area contributed by atoms with Gasteiger partial charge in [-0.3, -0.25) is 14.8 Å². The first-order valence-corrected chi connectivity index (χ1v) is 10.9. The molecule has 182 valence electrons. The van der Waals surface area contributed by atoms with Crippen LogP contribution in [0.5, 0.6) is 5.75 Å². The molecule has 2 fully saturated rings. The minimum atomic E-state index is -0.725. The fourth-order valence-electron chi connectivity index (χ4n) is 4.06. The smallest absolute Gasteiger partial charge is 0.236 e. The van der Waals surface area contributed by atoms with Gasteiger partial charge in [-0.25, -0.2) is 8.78 Å². The van der Waals surface area contributed by atoms with E-state index >= 15 is 0 Å². The van der Waals surface area contributed by atoms with Crippen molar-refractivity contribution in [2.75, 3.05) is 53.0 Å². The molecule has 1 aliphatic carbocycles. The number of halogens is 3. The van der Waals surface area contributed by atoms with Gasteiger partial charge in [0.05, 0.1) is 19.3 Å². The van der Waals surface area contributed by atoms with Crippen molar-refractivity contribution in [2.24, 2.45) is 0 Å². The molecule has 33 heavy (non-hydrogen) atoms. The van der Waals surface area contributed by atoms with Crippen LogP contribution in [0.2, 0.25) is 0 Å². The van der Waals surface area contributed by atoms with E-state index in [4.69, 9.17) is 9.47 Å². The Bertz CT molecular complexity index is 910. The molecule has 1 aromatic carbocycles. The van der Waals surface area contributed by atoms with Gasteiger partial charge in [-0.05, 0) is 12.5 Å². The Labute approximate surface area is 198 Å². The fourth-order valence-corrected chi connectivity index (χ4v) is 4.06. The zero-order valence-corrected chi connectivity index (χ0v) is 19.4. The number of aromatic amines is 1. The van der Waals surface area contributed by atoms with E-state index in [9.17, 15) is 13.6 Å². The van der Waals surface area contributed by atoms with Crippen molar-refractivity contribution in [3.05, 3.63) is 47.3 Å². The van der Waals surface area contributed by atoms with Crippen LogP contribution in [0.4, 0.5) is 8.78 Å². The average molecular weight is 486 g/mol. The summed E-state index contributed by atoms with van der Waals surface area (Å²) in [5.41, 5.74) is 1.25. The first-order chi connectivity index (χ1) is 15.5. The summed E-state index contributed by atoms with van der Waals surface area (Å²) in [7, 11) is 1.68. The van der Waals surface area contributed by atoms with Gasteiger partial charge in [-0.15, -0.1) is 12.4 Å². The minimum Gasteiger partial charge on any atom is -0.485 e. The van der Waals surface area contributed by atoms with Crippen molar-refractivity contribution in [2.45, 2.75) is 25.0 Å². The van der Waals surface area contributed by atoms with E-state index in [2.05, 4.69) is 20.4 Å². The van der Waals surface area contributed by atoms with Gasteiger partial charge in [0.1, 0.15) is 12.4 Å². The number of nitrogens with zero attached hydrogens (tertiary/aromatic N) is 3. The Kier molecular flexibility index (Phi) is 9.02. The number of nitrogens with one attached hydrogen (secondary N) is 2. The highest BCUT2D eigenvalue weighted by Crippen LogP contribution is 2.46. The number of amides is 1. The Hall–Kier alpha value is -2.27. The van der Waals surface area contributed by atoms with Crippen LogP contribution in [0.25, 0.3) is 0 Å². The van der Waals surface area contributed by atoms with Gasteiger partial charge < -0.3 is 19.7 Å². The van der Waals surface area contributed by atoms with Crippen LogP contribution >= 0.6 is 12.4 Å². The lowest BCUT2D eigenvalue weighted by Crippen LogP contribution is -2.51. The van der Waals surface area contributed by atoms with E-state index in [1.165, 1.54) is 6.07 Å². The standard InChI is InChI=1S/C22H29F2N5O3.ClH/c1-31-7-6-28-2-4-29(5-3-28)21(30)13-25-20-10-17(20)18-8-16(23)9-19(24)22(18)32-14-15-11-26-27-12-15;/h8-9,11-12,17,20,25H,2-7,10,13-14H2,1H3,(H,26,27);1H/t17-,20+;/m0./s1. The minimum absolute atomic E-state index is 0. The Morgan fingerprint density at radius 2 is 2.06 bits per heavy atom. The second kappa shape index (κ2) is 11.7. The normalized spacial score (nSPS) is 20.4. The van der Waals surface area contributed by atoms with E-state index in [-0.39, 0.29) is 49.2 Å². The average Bonchev–Trinajstić information content (AvgIpc) is 3.38. The van der Waals surface area contributed by atoms with Crippen LogP contribution in [0.3, 0.4) is 0 Å². The molecule has 4 rings (SSSR count). The topological polar surface area (TPSA) is 82.7 Å². The van der Waals surface area contributed by atoms with Crippen molar-refractivity contribution in [1.82, 2.24) is 25.3 Å². The number of carbonyl (C=O) groups is 1. The molecule has 1 aromatic heterocycles. The molecule has 11 heteroatoms. The molecular formula is C22H30ClF2N5O3. The number of ether oxygens (including phenoxy) is 2. The SMILES string of the molecule is COCCN1CCN(C(=O)CN[C@@H]2C[C@H]2c2cc(F)cc(F)c2OCc2cn[nH]c2)CC1.Cl. The van der Waals surface area contributed by atoms with Gasteiger partial charge in [0, 0.05) is 75.2 Å². The second-order valence-corrected chi connectivity index (χ2v) is 8.25. The van der Waals surface area contributed by atoms with Crippen molar-refractivity contribution >= 4 is 18.3 Å². The predicted octanol–water partition coefficient (Wildman–Crippen LogP) is 1.92. The van der Waals surface area contributed by atoms with Crippen molar-refractivity contribution in [3.8, 4) is 5.75 Å². The van der Waals surface area contributed by atoms with Gasteiger partial charge in [0.2, 0.25) is 5.91 Å². The zero-order chi connectivity index (χ0) is 22.5. The van der Waals surface area contributed by atoms with Crippen LogP contribution in [0, 0.1) is 11.6 Å². The number of benzene rings is 1. The number of methoxy groups -OCH3 is 1. The number of piperazine rings is 1. The third-order valence-corrected chi connectivity index (χ3v) is 6.02. The Morgan fingerprint density at radius 1 is 1.27 bits per heavy atom. The summed E-state index contributed by atoms with van der Waals surface area (Å²) in [4.78, 5) is 16.7. The number of hydrogen-bond donors (Lipinski definition) is 2. The van der Waals surface area contributed by atoms with Crippen LogP contribution in [0.15, 0.2) is 24.5 Å². The van der Waals surface area contributed by atoms with Crippen LogP contribution in [-0.2, 0) is 16.1 Å². The lowest BCUT2D eigenvalue weighted by atomic mass is 10.1. The third kappa shape index (κ3) is 6.63. The highest BCUT2D eigenvalue weighted by atomic mass is 35.5. The number of hydrogen-bond acceptors (Lipinski definition) is 6. The summed E-state index contributed by atoms with van der Waals surface area (Å²) in [5, 5.41) is 9.75. The molecule has 2 aliphatic rings. The summed E-state index contributed by atoms with van der Waals surface area (Å²) < 4.78 is 39.1. The molecule has 1 saturated carbocycles. The van der Waals surface area contributed by atoms with Crippen molar-refractivity contribution < 1.29 is 23.0 Å². The first-order valence-electron chi connectivity index (χ1n) is 10.9. The fraction of sp³-hybridized carbons (Fsp3) is 0.545. The quantitative estimate of drug-likeness (QED) is 0.535. The maximum Gasteiger partial charge on any atom is 0.236 e. The van der Waals surface area contributed by atoms with Gasteiger partial charge in [-0.1, -0.05) is 0 Å². The molecule has 0 unspecified atom stereocenters. The van der Waals surface area contributed by atoms with E-state index in [0.717, 1.165) is 31.3 Å². The molecule has 1 amide bonds. The molecule has 1 aliphatic heterocycles. The summed E-state index contributed by atoms with van der Waals surface area (Å²) in [6.07, 6.45) is 3.94. The highest BCUT2D eigenvalue weighted by molar-refractivity contribution is 5.85. The molecule has 0 bridgehead atoms. The molecule has 2 N–H and O–H groups in total. The number of rotatable bonds is 10. The van der Waals surface area contributed by atoms with E-state index in [1.807, 2.05) is 4.90 Å². The van der Waals surface area contributed by atoms with Crippen molar-refractivity contribution in [3.63, 3.8) is 0 Å². The van der Waals surface area contributed by atoms with Gasteiger partial charge in [0.15, 0.2) is 11.6 Å². The van der Waals surface area contributed by atoms with Crippen LogP contribution < -0.4 is 10.1 Å².